The Labute approximate surface area is 131 Å². The highest BCUT2D eigenvalue weighted by atomic mass is 35.5. The van der Waals surface area contributed by atoms with Gasteiger partial charge in [-0.05, 0) is 42.0 Å². The average Bonchev–Trinajstić information content (AvgIpc) is 2.89. The van der Waals surface area contributed by atoms with E-state index in [1.54, 1.807) is 36.4 Å². The van der Waals surface area contributed by atoms with Gasteiger partial charge < -0.3 is 9.73 Å². The van der Waals surface area contributed by atoms with Crippen LogP contribution in [0, 0.1) is 0 Å². The van der Waals surface area contributed by atoms with Crippen LogP contribution in [0.1, 0.15) is 16.1 Å². The number of fused-ring (bicyclic) bond motifs is 1. The molecule has 0 atom stereocenters. The van der Waals surface area contributed by atoms with Crippen LogP contribution in [-0.4, -0.2) is 5.91 Å². The number of carbonyl (C=O) groups excluding carboxylic acids is 1. The Morgan fingerprint density at radius 2 is 1.71 bits per heavy atom. The molecule has 0 saturated heterocycles. The van der Waals surface area contributed by atoms with Crippen LogP contribution in [0.5, 0.6) is 0 Å². The normalized spacial score (nSPS) is 10.8. The van der Waals surface area contributed by atoms with E-state index >= 15 is 0 Å². The van der Waals surface area contributed by atoms with Crippen LogP contribution in [0.4, 0.5) is 0 Å². The minimum Gasteiger partial charge on any atom is -0.451 e. The smallest absolute Gasteiger partial charge is 0.287 e. The molecule has 0 radical (unpaired) electrons. The lowest BCUT2D eigenvalue weighted by Crippen LogP contribution is -2.22. The molecule has 2 aromatic carbocycles. The Morgan fingerprint density at radius 1 is 1.00 bits per heavy atom. The van der Waals surface area contributed by atoms with Crippen LogP contribution in [0.15, 0.2) is 52.9 Å². The van der Waals surface area contributed by atoms with E-state index in [0.717, 1.165) is 10.9 Å². The van der Waals surface area contributed by atoms with Crippen molar-refractivity contribution in [3.63, 3.8) is 0 Å². The summed E-state index contributed by atoms with van der Waals surface area (Å²) in [4.78, 5) is 12.1. The predicted molar refractivity (Wildman–Crippen MR) is 83.8 cm³/mol. The fraction of sp³-hybridized carbons (Fsp3) is 0.0625. The number of nitrogens with one attached hydrogen (secondary N) is 1. The molecule has 1 amide bonds. The third kappa shape index (κ3) is 3.20. The standard InChI is InChI=1S/C16H11Cl2NO2/c17-12-3-1-10(2-4-12)9-19-16(20)15-8-11-7-13(18)5-6-14(11)21-15/h1-8H,9H2,(H,19,20). The molecule has 0 aliphatic rings. The number of amides is 1. The third-order valence-corrected chi connectivity index (χ3v) is 3.56. The molecule has 106 valence electrons. The van der Waals surface area contributed by atoms with Crippen LogP contribution >= 0.6 is 23.2 Å². The van der Waals surface area contributed by atoms with E-state index in [4.69, 9.17) is 27.6 Å². The number of carbonyl (C=O) groups is 1. The lowest BCUT2D eigenvalue weighted by Gasteiger charge is -2.03. The Morgan fingerprint density at radius 3 is 2.48 bits per heavy atom. The van der Waals surface area contributed by atoms with Crippen molar-refractivity contribution in [2.45, 2.75) is 6.54 Å². The van der Waals surface area contributed by atoms with Crippen molar-refractivity contribution in [3.05, 3.63) is 69.9 Å². The molecule has 0 bridgehead atoms. The Hall–Kier alpha value is -1.97. The first-order chi connectivity index (χ1) is 10.1. The quantitative estimate of drug-likeness (QED) is 0.762. The van der Waals surface area contributed by atoms with Crippen molar-refractivity contribution in [1.82, 2.24) is 5.32 Å². The van der Waals surface area contributed by atoms with Gasteiger partial charge in [0.05, 0.1) is 0 Å². The molecule has 0 spiro atoms. The van der Waals surface area contributed by atoms with Crippen molar-refractivity contribution in [2.75, 3.05) is 0 Å². The van der Waals surface area contributed by atoms with Gasteiger partial charge in [0, 0.05) is 22.0 Å². The number of hydrogen-bond donors (Lipinski definition) is 1. The summed E-state index contributed by atoms with van der Waals surface area (Å²) >= 11 is 11.7. The first kappa shape index (κ1) is 14.0. The molecule has 0 aliphatic carbocycles. The monoisotopic (exact) mass is 319 g/mol. The van der Waals surface area contributed by atoms with Gasteiger partial charge in [-0.2, -0.15) is 0 Å². The summed E-state index contributed by atoms with van der Waals surface area (Å²) in [5.74, 6) is -0.00139. The molecular formula is C16H11Cl2NO2. The SMILES string of the molecule is O=C(NCc1ccc(Cl)cc1)c1cc2cc(Cl)ccc2o1. The van der Waals surface area contributed by atoms with Crippen LogP contribution < -0.4 is 5.32 Å². The molecule has 3 rings (SSSR count). The second kappa shape index (κ2) is 5.80. The number of benzene rings is 2. The Balaban J connectivity index is 1.73. The van der Waals surface area contributed by atoms with Crippen molar-refractivity contribution >= 4 is 40.1 Å². The predicted octanol–water partition coefficient (Wildman–Crippen LogP) is 4.67. The van der Waals surface area contributed by atoms with Crippen molar-refractivity contribution in [1.29, 1.82) is 0 Å². The fourth-order valence-electron chi connectivity index (χ4n) is 2.00. The van der Waals surface area contributed by atoms with Gasteiger partial charge in [0.2, 0.25) is 0 Å². The molecule has 1 aromatic heterocycles. The summed E-state index contributed by atoms with van der Waals surface area (Å²) in [6.45, 7) is 0.411. The molecule has 5 heteroatoms. The van der Waals surface area contributed by atoms with Crippen LogP contribution in [0.2, 0.25) is 10.0 Å². The molecule has 1 heterocycles. The summed E-state index contributed by atoms with van der Waals surface area (Å²) in [6.07, 6.45) is 0. The van der Waals surface area contributed by atoms with E-state index in [-0.39, 0.29) is 11.7 Å². The molecule has 1 N–H and O–H groups in total. The zero-order valence-corrected chi connectivity index (χ0v) is 12.4. The number of furan rings is 1. The van der Waals surface area contributed by atoms with Gasteiger partial charge in [-0.1, -0.05) is 35.3 Å². The third-order valence-electron chi connectivity index (χ3n) is 3.07. The van der Waals surface area contributed by atoms with Gasteiger partial charge in [-0.15, -0.1) is 0 Å². The lowest BCUT2D eigenvalue weighted by molar-refractivity contribution is 0.0925. The average molecular weight is 320 g/mol. The number of halogens is 2. The van der Waals surface area contributed by atoms with Gasteiger partial charge in [-0.25, -0.2) is 0 Å². The van der Waals surface area contributed by atoms with E-state index in [2.05, 4.69) is 5.32 Å². The maximum Gasteiger partial charge on any atom is 0.287 e. The summed E-state index contributed by atoms with van der Waals surface area (Å²) in [6, 6.07) is 14.2. The Bertz CT molecular complexity index is 794. The second-order valence-corrected chi connectivity index (χ2v) is 5.47. The highest BCUT2D eigenvalue weighted by Crippen LogP contribution is 2.23. The van der Waals surface area contributed by atoms with Crippen molar-refractivity contribution in [3.8, 4) is 0 Å². The molecule has 0 aliphatic heterocycles. The van der Waals surface area contributed by atoms with Crippen LogP contribution in [0.3, 0.4) is 0 Å². The first-order valence-corrected chi connectivity index (χ1v) is 7.09. The molecular weight excluding hydrogens is 309 g/mol. The van der Waals surface area contributed by atoms with Gasteiger partial charge in [-0.3, -0.25) is 4.79 Å². The largest absolute Gasteiger partial charge is 0.451 e. The highest BCUT2D eigenvalue weighted by molar-refractivity contribution is 6.31. The number of hydrogen-bond acceptors (Lipinski definition) is 2. The minimum absolute atomic E-state index is 0.265. The topological polar surface area (TPSA) is 42.2 Å². The molecule has 3 nitrogen and oxygen atoms in total. The highest BCUT2D eigenvalue weighted by Gasteiger charge is 2.12. The molecule has 21 heavy (non-hydrogen) atoms. The van der Waals surface area contributed by atoms with Gasteiger partial charge in [0.1, 0.15) is 5.58 Å². The second-order valence-electron chi connectivity index (χ2n) is 4.60. The fourth-order valence-corrected chi connectivity index (χ4v) is 2.30. The lowest BCUT2D eigenvalue weighted by atomic mass is 10.2. The van der Waals surface area contributed by atoms with E-state index in [1.807, 2.05) is 12.1 Å². The van der Waals surface area contributed by atoms with Crippen LogP contribution in [-0.2, 0) is 6.54 Å². The first-order valence-electron chi connectivity index (χ1n) is 6.33. The number of rotatable bonds is 3. The maximum absolute atomic E-state index is 12.1. The van der Waals surface area contributed by atoms with E-state index in [0.29, 0.717) is 22.2 Å². The van der Waals surface area contributed by atoms with E-state index in [1.165, 1.54) is 0 Å². The molecule has 0 fully saturated rings. The van der Waals surface area contributed by atoms with Crippen molar-refractivity contribution < 1.29 is 9.21 Å². The zero-order valence-electron chi connectivity index (χ0n) is 10.9. The summed E-state index contributed by atoms with van der Waals surface area (Å²) < 4.78 is 5.50. The summed E-state index contributed by atoms with van der Waals surface area (Å²) in [5.41, 5.74) is 1.60. The zero-order chi connectivity index (χ0) is 14.8. The minimum atomic E-state index is -0.266. The van der Waals surface area contributed by atoms with Gasteiger partial charge in [0.15, 0.2) is 5.76 Å². The summed E-state index contributed by atoms with van der Waals surface area (Å²) in [7, 11) is 0. The molecule has 0 unspecified atom stereocenters. The van der Waals surface area contributed by atoms with Gasteiger partial charge >= 0.3 is 0 Å². The molecule has 3 aromatic rings. The summed E-state index contributed by atoms with van der Waals surface area (Å²) in [5, 5.41) is 4.88. The maximum atomic E-state index is 12.1. The Kier molecular flexibility index (Phi) is 3.86. The molecule has 0 saturated carbocycles. The van der Waals surface area contributed by atoms with E-state index in [9.17, 15) is 4.79 Å². The van der Waals surface area contributed by atoms with Crippen molar-refractivity contribution in [2.24, 2.45) is 0 Å². The van der Waals surface area contributed by atoms with Crippen LogP contribution in [0.25, 0.3) is 11.0 Å². The van der Waals surface area contributed by atoms with E-state index < -0.39 is 0 Å². The van der Waals surface area contributed by atoms with Gasteiger partial charge in [0.25, 0.3) is 5.91 Å².